The Balaban J connectivity index is 1.93. The number of nitrogens with zero attached hydrogens (tertiary/aromatic N) is 2. The van der Waals surface area contributed by atoms with E-state index in [2.05, 4.69) is 27.7 Å². The maximum absolute atomic E-state index is 11.2. The molecule has 16 heavy (non-hydrogen) atoms. The number of primary amides is 1. The molecule has 2 N–H and O–H groups in total. The number of halogens is 1. The lowest BCUT2D eigenvalue weighted by Gasteiger charge is -2.20. The zero-order chi connectivity index (χ0) is 11.3. The highest BCUT2D eigenvalue weighted by Crippen LogP contribution is 2.42. The second kappa shape index (κ2) is 3.72. The van der Waals surface area contributed by atoms with E-state index < -0.39 is 0 Å². The highest BCUT2D eigenvalue weighted by atomic mass is 127. The van der Waals surface area contributed by atoms with E-state index in [1.54, 1.807) is 0 Å². The summed E-state index contributed by atoms with van der Waals surface area (Å²) < 4.78 is 3.33. The van der Waals surface area contributed by atoms with Crippen LogP contribution in [0.3, 0.4) is 0 Å². The summed E-state index contributed by atoms with van der Waals surface area (Å²) in [5, 5.41) is 4.65. The Morgan fingerprint density at radius 2 is 2.19 bits per heavy atom. The van der Waals surface area contributed by atoms with Gasteiger partial charge in [-0.15, -0.1) is 0 Å². The molecule has 1 fully saturated rings. The van der Waals surface area contributed by atoms with Crippen LogP contribution >= 0.6 is 22.6 Å². The van der Waals surface area contributed by atoms with Crippen LogP contribution in [0.4, 0.5) is 0 Å². The van der Waals surface area contributed by atoms with Crippen molar-refractivity contribution in [3.63, 3.8) is 0 Å². The summed E-state index contributed by atoms with van der Waals surface area (Å²) in [5.41, 5.74) is 7.92. The number of hydrogen-bond donors (Lipinski definition) is 1. The van der Waals surface area contributed by atoms with Crippen LogP contribution in [0.2, 0.25) is 0 Å². The molecule has 0 saturated heterocycles. The summed E-state index contributed by atoms with van der Waals surface area (Å²) >= 11 is 2.40. The molecule has 2 aliphatic rings. The SMILES string of the molecule is NC(=O)C1CCc2c(I)c(C3CC3)nn2C1. The van der Waals surface area contributed by atoms with Gasteiger partial charge < -0.3 is 5.73 Å². The molecule has 4 nitrogen and oxygen atoms in total. The van der Waals surface area contributed by atoms with Crippen LogP contribution in [-0.4, -0.2) is 15.7 Å². The number of hydrogen-bond acceptors (Lipinski definition) is 2. The van der Waals surface area contributed by atoms with Crippen LogP contribution in [0.15, 0.2) is 0 Å². The fourth-order valence-corrected chi connectivity index (χ4v) is 3.44. The molecule has 1 aromatic rings. The largest absolute Gasteiger partial charge is 0.369 e. The number of carbonyl (C=O) groups excluding carboxylic acids is 1. The molecular formula is C11H14IN3O. The predicted molar refractivity (Wildman–Crippen MR) is 67.9 cm³/mol. The van der Waals surface area contributed by atoms with E-state index in [9.17, 15) is 4.79 Å². The highest BCUT2D eigenvalue weighted by Gasteiger charge is 2.33. The first-order valence-electron chi connectivity index (χ1n) is 5.71. The number of rotatable bonds is 2. The maximum Gasteiger partial charge on any atom is 0.222 e. The van der Waals surface area contributed by atoms with Crippen LogP contribution in [-0.2, 0) is 17.8 Å². The van der Waals surface area contributed by atoms with Crippen LogP contribution in [0.5, 0.6) is 0 Å². The van der Waals surface area contributed by atoms with E-state index in [0.29, 0.717) is 12.5 Å². The first-order chi connectivity index (χ1) is 7.66. The molecule has 1 atom stereocenters. The summed E-state index contributed by atoms with van der Waals surface area (Å²) in [7, 11) is 0. The Hall–Kier alpha value is -0.590. The Kier molecular flexibility index (Phi) is 2.45. The number of amides is 1. The van der Waals surface area contributed by atoms with Gasteiger partial charge in [-0.1, -0.05) is 0 Å². The molecule has 0 radical (unpaired) electrons. The summed E-state index contributed by atoms with van der Waals surface area (Å²) in [6, 6.07) is 0. The van der Waals surface area contributed by atoms with Gasteiger partial charge in [0.15, 0.2) is 0 Å². The van der Waals surface area contributed by atoms with Crippen molar-refractivity contribution in [2.24, 2.45) is 11.7 Å². The third-order valence-corrected chi connectivity index (χ3v) is 4.68. The molecule has 0 spiro atoms. The standard InChI is InChI=1S/C11H14IN3O/c12-9-8-4-3-7(11(13)16)5-15(8)14-10(9)6-1-2-6/h6-7H,1-5H2,(H2,13,16). The Bertz CT molecular complexity index is 450. The molecule has 0 aromatic carbocycles. The van der Waals surface area contributed by atoms with E-state index in [1.165, 1.54) is 27.8 Å². The van der Waals surface area contributed by atoms with Crippen molar-refractivity contribution >= 4 is 28.5 Å². The Morgan fingerprint density at radius 1 is 1.44 bits per heavy atom. The minimum absolute atomic E-state index is 0.0322. The van der Waals surface area contributed by atoms with Gasteiger partial charge in [0.25, 0.3) is 0 Å². The van der Waals surface area contributed by atoms with Gasteiger partial charge in [0.2, 0.25) is 5.91 Å². The average Bonchev–Trinajstić information content (AvgIpc) is 3.04. The van der Waals surface area contributed by atoms with Gasteiger partial charge in [0.1, 0.15) is 0 Å². The third kappa shape index (κ3) is 1.65. The van der Waals surface area contributed by atoms with Gasteiger partial charge in [-0.05, 0) is 48.3 Å². The number of carbonyl (C=O) groups is 1. The van der Waals surface area contributed by atoms with Crippen LogP contribution in [0, 0.1) is 9.49 Å². The monoisotopic (exact) mass is 331 g/mol. The molecular weight excluding hydrogens is 317 g/mol. The zero-order valence-corrected chi connectivity index (χ0v) is 11.1. The molecule has 1 unspecified atom stereocenters. The molecule has 86 valence electrons. The summed E-state index contributed by atoms with van der Waals surface area (Å²) in [4.78, 5) is 11.2. The van der Waals surface area contributed by atoms with Crippen molar-refractivity contribution < 1.29 is 4.79 Å². The first-order valence-corrected chi connectivity index (χ1v) is 6.79. The van der Waals surface area contributed by atoms with Gasteiger partial charge in [-0.3, -0.25) is 9.48 Å². The first kappa shape index (κ1) is 10.6. The smallest absolute Gasteiger partial charge is 0.222 e. The third-order valence-electron chi connectivity index (χ3n) is 3.51. The number of fused-ring (bicyclic) bond motifs is 1. The van der Waals surface area contributed by atoms with E-state index in [-0.39, 0.29) is 11.8 Å². The summed E-state index contributed by atoms with van der Waals surface area (Å²) in [5.74, 6) is 0.455. The Labute approximate surface area is 108 Å². The van der Waals surface area contributed by atoms with Gasteiger partial charge in [0.05, 0.1) is 27.4 Å². The van der Waals surface area contributed by atoms with E-state index in [4.69, 9.17) is 5.73 Å². The molecule has 1 aliphatic heterocycles. The lowest BCUT2D eigenvalue weighted by atomic mass is 9.98. The molecule has 2 heterocycles. The summed E-state index contributed by atoms with van der Waals surface area (Å²) in [6.45, 7) is 0.674. The lowest BCUT2D eigenvalue weighted by molar-refractivity contribution is -0.122. The molecule has 5 heteroatoms. The second-order valence-electron chi connectivity index (χ2n) is 4.74. The second-order valence-corrected chi connectivity index (χ2v) is 5.82. The van der Waals surface area contributed by atoms with Crippen LogP contribution in [0.25, 0.3) is 0 Å². The van der Waals surface area contributed by atoms with E-state index >= 15 is 0 Å². The fourth-order valence-electron chi connectivity index (χ4n) is 2.35. The van der Waals surface area contributed by atoms with Crippen molar-refractivity contribution in [3.05, 3.63) is 15.0 Å². The van der Waals surface area contributed by atoms with Crippen LogP contribution < -0.4 is 5.73 Å². The predicted octanol–water partition coefficient (Wildman–Crippen LogP) is 1.41. The van der Waals surface area contributed by atoms with Gasteiger partial charge in [-0.25, -0.2) is 0 Å². The normalized spacial score (nSPS) is 24.2. The van der Waals surface area contributed by atoms with E-state index in [0.717, 1.165) is 12.8 Å². The minimum Gasteiger partial charge on any atom is -0.369 e. The lowest BCUT2D eigenvalue weighted by Crippen LogP contribution is -2.32. The zero-order valence-electron chi connectivity index (χ0n) is 8.95. The van der Waals surface area contributed by atoms with Crippen molar-refractivity contribution in [3.8, 4) is 0 Å². The topological polar surface area (TPSA) is 60.9 Å². The van der Waals surface area contributed by atoms with Crippen molar-refractivity contribution in [1.82, 2.24) is 9.78 Å². The molecule has 3 rings (SSSR count). The molecule has 1 aliphatic carbocycles. The van der Waals surface area contributed by atoms with Crippen molar-refractivity contribution in [1.29, 1.82) is 0 Å². The number of aromatic nitrogens is 2. The molecule has 1 amide bonds. The van der Waals surface area contributed by atoms with E-state index in [1.807, 2.05) is 4.68 Å². The van der Waals surface area contributed by atoms with Gasteiger partial charge >= 0.3 is 0 Å². The van der Waals surface area contributed by atoms with Crippen molar-refractivity contribution in [2.75, 3.05) is 0 Å². The highest BCUT2D eigenvalue weighted by molar-refractivity contribution is 14.1. The Morgan fingerprint density at radius 3 is 2.81 bits per heavy atom. The minimum atomic E-state index is -0.191. The summed E-state index contributed by atoms with van der Waals surface area (Å²) in [6.07, 6.45) is 4.35. The quantitative estimate of drug-likeness (QED) is 0.833. The fraction of sp³-hybridized carbons (Fsp3) is 0.636. The molecule has 1 saturated carbocycles. The average molecular weight is 331 g/mol. The van der Waals surface area contributed by atoms with Crippen LogP contribution in [0.1, 0.15) is 36.6 Å². The molecule has 1 aromatic heterocycles. The van der Waals surface area contributed by atoms with Gasteiger partial charge in [0, 0.05) is 5.92 Å². The van der Waals surface area contributed by atoms with Gasteiger partial charge in [-0.2, -0.15) is 5.10 Å². The van der Waals surface area contributed by atoms with Crippen molar-refractivity contribution in [2.45, 2.75) is 38.1 Å². The number of nitrogens with two attached hydrogens (primary N) is 1. The molecule has 0 bridgehead atoms. The maximum atomic E-state index is 11.2.